The molecule has 4 aromatic rings. The summed E-state index contributed by atoms with van der Waals surface area (Å²) in [5.74, 6) is -0.116. The summed E-state index contributed by atoms with van der Waals surface area (Å²) in [5.41, 5.74) is 8.45. The molecule has 3 aromatic heterocycles. The molecule has 0 fully saturated rings. The van der Waals surface area contributed by atoms with Crippen molar-refractivity contribution in [3.05, 3.63) is 70.7 Å². The average Bonchev–Trinajstić information content (AvgIpc) is 3.38. The number of carbonyl (C=O) groups is 1. The monoisotopic (exact) mass is 388 g/mol. The highest BCUT2D eigenvalue weighted by Crippen LogP contribution is 2.26. The molecule has 9 heteroatoms. The number of nitrogens with zero attached hydrogens (tertiary/aromatic N) is 5. The van der Waals surface area contributed by atoms with Crippen molar-refractivity contribution in [2.45, 2.75) is 0 Å². The number of rotatable bonds is 4. The van der Waals surface area contributed by atoms with Crippen molar-refractivity contribution in [2.24, 2.45) is 10.7 Å². The van der Waals surface area contributed by atoms with E-state index in [1.54, 1.807) is 41.0 Å². The van der Waals surface area contributed by atoms with E-state index in [1.165, 1.54) is 23.8 Å². The smallest absolute Gasteiger partial charge is 0.304 e. The van der Waals surface area contributed by atoms with E-state index < -0.39 is 0 Å². The van der Waals surface area contributed by atoms with Crippen LogP contribution < -0.4 is 5.73 Å². The number of benzene rings is 1. The van der Waals surface area contributed by atoms with Crippen LogP contribution in [0.4, 0.5) is 5.69 Å². The number of ether oxygens (including phenoxy) is 1. The number of fused-ring (bicyclic) bond motifs is 1. The van der Waals surface area contributed by atoms with E-state index in [1.807, 2.05) is 17.5 Å². The lowest BCUT2D eigenvalue weighted by Crippen LogP contribution is -2.12. The van der Waals surface area contributed by atoms with Gasteiger partial charge in [0.05, 0.1) is 28.0 Å². The summed E-state index contributed by atoms with van der Waals surface area (Å²) in [6, 6.07) is 12.3. The van der Waals surface area contributed by atoms with Crippen molar-refractivity contribution in [3.63, 3.8) is 0 Å². The van der Waals surface area contributed by atoms with Crippen molar-refractivity contribution in [1.29, 1.82) is 5.26 Å². The predicted octanol–water partition coefficient (Wildman–Crippen LogP) is 3.13. The molecule has 1 aromatic carbocycles. The Kier molecular flexibility index (Phi) is 4.53. The van der Waals surface area contributed by atoms with E-state index in [0.29, 0.717) is 21.8 Å². The topological polar surface area (TPSA) is 119 Å². The fourth-order valence-electron chi connectivity index (χ4n) is 2.74. The van der Waals surface area contributed by atoms with Crippen LogP contribution in [-0.2, 0) is 4.74 Å². The fourth-order valence-corrected chi connectivity index (χ4v) is 3.42. The van der Waals surface area contributed by atoms with Gasteiger partial charge in [-0.05, 0) is 29.6 Å². The lowest BCUT2D eigenvalue weighted by molar-refractivity contribution is 0.104. The molecule has 0 aliphatic rings. The van der Waals surface area contributed by atoms with Gasteiger partial charge in [-0.25, -0.2) is 9.50 Å². The van der Waals surface area contributed by atoms with Gasteiger partial charge >= 0.3 is 6.02 Å². The van der Waals surface area contributed by atoms with Crippen molar-refractivity contribution in [3.8, 4) is 17.5 Å². The molecule has 0 spiro atoms. The fraction of sp³-hybridized carbons (Fsp3) is 0. The van der Waals surface area contributed by atoms with Gasteiger partial charge in [-0.1, -0.05) is 18.2 Å². The predicted molar refractivity (Wildman–Crippen MR) is 104 cm³/mol. The van der Waals surface area contributed by atoms with Crippen LogP contribution in [0.5, 0.6) is 0 Å². The van der Waals surface area contributed by atoms with Gasteiger partial charge < -0.3 is 10.5 Å². The van der Waals surface area contributed by atoms with Crippen LogP contribution >= 0.6 is 11.3 Å². The SMILES string of the molecule is N#COC(N)=Nc1cccc(-c2ccnc3c(C(=O)c4cccs4)cnn23)c1. The number of nitrogens with two attached hydrogens (primary N) is 1. The van der Waals surface area contributed by atoms with Gasteiger partial charge in [-0.15, -0.1) is 16.6 Å². The Morgan fingerprint density at radius 3 is 2.96 bits per heavy atom. The number of amidine groups is 1. The van der Waals surface area contributed by atoms with Gasteiger partial charge in [0.2, 0.25) is 5.78 Å². The summed E-state index contributed by atoms with van der Waals surface area (Å²) in [7, 11) is 0. The highest BCUT2D eigenvalue weighted by atomic mass is 32.1. The van der Waals surface area contributed by atoms with Crippen LogP contribution in [0, 0.1) is 11.5 Å². The minimum absolute atomic E-state index is 0.116. The zero-order chi connectivity index (χ0) is 19.5. The van der Waals surface area contributed by atoms with Gasteiger partial charge in [-0.2, -0.15) is 10.1 Å². The molecule has 3 heterocycles. The van der Waals surface area contributed by atoms with Crippen molar-refractivity contribution < 1.29 is 9.53 Å². The van der Waals surface area contributed by atoms with Crippen LogP contribution in [0.25, 0.3) is 16.9 Å². The molecule has 0 saturated carbocycles. The maximum atomic E-state index is 12.7. The van der Waals surface area contributed by atoms with Crippen LogP contribution in [0.2, 0.25) is 0 Å². The Labute approximate surface area is 163 Å². The van der Waals surface area contributed by atoms with Gasteiger partial charge in [0.1, 0.15) is 0 Å². The molecular formula is C19H12N6O2S. The first-order valence-corrected chi connectivity index (χ1v) is 8.97. The van der Waals surface area contributed by atoms with Gasteiger partial charge in [0, 0.05) is 11.8 Å². The highest BCUT2D eigenvalue weighted by Gasteiger charge is 2.18. The highest BCUT2D eigenvalue weighted by molar-refractivity contribution is 7.12. The molecule has 136 valence electrons. The molecule has 0 saturated heterocycles. The third kappa shape index (κ3) is 3.20. The molecule has 0 atom stereocenters. The number of thiophene rings is 1. The van der Waals surface area contributed by atoms with Crippen LogP contribution in [-0.4, -0.2) is 26.4 Å². The zero-order valence-electron chi connectivity index (χ0n) is 14.3. The molecule has 28 heavy (non-hydrogen) atoms. The largest absolute Gasteiger partial charge is 0.352 e. The zero-order valence-corrected chi connectivity index (χ0v) is 15.1. The average molecular weight is 388 g/mol. The Bertz CT molecular complexity index is 1240. The third-order valence-electron chi connectivity index (χ3n) is 3.92. The molecule has 0 amide bonds. The van der Waals surface area contributed by atoms with E-state index in [9.17, 15) is 4.79 Å². The molecule has 0 radical (unpaired) electrons. The Morgan fingerprint density at radius 2 is 2.18 bits per heavy atom. The Morgan fingerprint density at radius 1 is 1.29 bits per heavy atom. The quantitative estimate of drug-likeness (QED) is 0.248. The van der Waals surface area contributed by atoms with Gasteiger partial charge in [-0.3, -0.25) is 4.79 Å². The van der Waals surface area contributed by atoms with E-state index in [0.717, 1.165) is 11.3 Å². The maximum Gasteiger partial charge on any atom is 0.304 e. The normalized spacial score (nSPS) is 11.3. The van der Waals surface area contributed by atoms with E-state index in [2.05, 4.69) is 19.8 Å². The lowest BCUT2D eigenvalue weighted by Gasteiger charge is -2.06. The number of ketones is 1. The molecule has 0 unspecified atom stereocenters. The van der Waals surface area contributed by atoms with Crippen LogP contribution in [0.1, 0.15) is 15.2 Å². The summed E-state index contributed by atoms with van der Waals surface area (Å²) < 4.78 is 6.11. The molecule has 2 N–H and O–H groups in total. The Balaban J connectivity index is 1.78. The summed E-state index contributed by atoms with van der Waals surface area (Å²) >= 11 is 1.37. The summed E-state index contributed by atoms with van der Waals surface area (Å²) in [4.78, 5) is 21.7. The lowest BCUT2D eigenvalue weighted by atomic mass is 10.1. The summed E-state index contributed by atoms with van der Waals surface area (Å²) in [5, 5.41) is 14.7. The number of hydrogen-bond donors (Lipinski definition) is 1. The number of carbonyl (C=O) groups excluding carboxylic acids is 1. The van der Waals surface area contributed by atoms with Crippen LogP contribution in [0.15, 0.2) is 65.2 Å². The first-order valence-electron chi connectivity index (χ1n) is 8.09. The van der Waals surface area contributed by atoms with Crippen molar-refractivity contribution >= 4 is 34.5 Å². The van der Waals surface area contributed by atoms with Crippen molar-refractivity contribution in [1.82, 2.24) is 14.6 Å². The standard InChI is InChI=1S/C19H12N6O2S/c20-11-27-19(21)24-13-4-1-3-12(9-13)15-6-7-22-18-14(10-23-25(15)18)17(26)16-5-2-8-28-16/h1-10H,(H2,21,24). The minimum Gasteiger partial charge on any atom is -0.352 e. The molecule has 4 rings (SSSR count). The second kappa shape index (κ2) is 7.30. The van der Waals surface area contributed by atoms with Gasteiger partial charge in [0.25, 0.3) is 6.26 Å². The molecule has 0 bridgehead atoms. The second-order valence-corrected chi connectivity index (χ2v) is 6.57. The van der Waals surface area contributed by atoms with E-state index >= 15 is 0 Å². The van der Waals surface area contributed by atoms with Gasteiger partial charge in [0.15, 0.2) is 5.65 Å². The Hall–Kier alpha value is -4.03. The third-order valence-corrected chi connectivity index (χ3v) is 4.79. The molecule has 8 nitrogen and oxygen atoms in total. The number of aromatic nitrogens is 3. The number of hydrogen-bond acceptors (Lipinski definition) is 7. The molecule has 0 aliphatic carbocycles. The summed E-state index contributed by atoms with van der Waals surface area (Å²) in [6.07, 6.45) is 4.62. The van der Waals surface area contributed by atoms with Crippen LogP contribution in [0.3, 0.4) is 0 Å². The first kappa shape index (κ1) is 17.4. The first-order chi connectivity index (χ1) is 13.7. The number of aliphatic imine (C=N–C) groups is 1. The van der Waals surface area contributed by atoms with E-state index in [4.69, 9.17) is 11.0 Å². The summed E-state index contributed by atoms with van der Waals surface area (Å²) in [6.45, 7) is 0. The van der Waals surface area contributed by atoms with Crippen molar-refractivity contribution in [2.75, 3.05) is 0 Å². The molecular weight excluding hydrogens is 376 g/mol. The molecule has 0 aliphatic heterocycles. The van der Waals surface area contributed by atoms with E-state index in [-0.39, 0.29) is 11.8 Å². The number of nitriles is 1. The minimum atomic E-state index is -0.248. The second-order valence-electron chi connectivity index (χ2n) is 5.62. The maximum absolute atomic E-state index is 12.7.